The summed E-state index contributed by atoms with van der Waals surface area (Å²) in [6.07, 6.45) is 1.54. The highest BCUT2D eigenvalue weighted by atomic mass is 35.5. The van der Waals surface area contributed by atoms with Crippen molar-refractivity contribution >= 4 is 35.5 Å². The van der Waals surface area contributed by atoms with Gasteiger partial charge in [-0.05, 0) is 61.4 Å². The molecular formula is C23H23ClN4O3S. The van der Waals surface area contributed by atoms with Gasteiger partial charge in [-0.2, -0.15) is 5.10 Å². The number of hydrazone groups is 1. The molecule has 166 valence electrons. The average Bonchev–Trinajstić information content (AvgIpc) is 2.77. The van der Waals surface area contributed by atoms with E-state index in [1.807, 2.05) is 50.2 Å². The van der Waals surface area contributed by atoms with E-state index in [1.54, 1.807) is 25.5 Å². The molecule has 0 atom stereocenters. The minimum absolute atomic E-state index is 0.168. The van der Waals surface area contributed by atoms with Crippen LogP contribution in [0.4, 0.5) is 0 Å². The summed E-state index contributed by atoms with van der Waals surface area (Å²) < 4.78 is 11.3. The third-order valence-electron chi connectivity index (χ3n) is 4.19. The van der Waals surface area contributed by atoms with Crippen molar-refractivity contribution in [2.45, 2.75) is 25.6 Å². The first kappa shape index (κ1) is 23.6. The Morgan fingerprint density at radius 2 is 1.81 bits per heavy atom. The molecule has 0 bridgehead atoms. The van der Waals surface area contributed by atoms with Crippen molar-refractivity contribution in [3.8, 4) is 11.5 Å². The first-order valence-corrected chi connectivity index (χ1v) is 11.1. The van der Waals surface area contributed by atoms with Crippen LogP contribution in [0.1, 0.15) is 22.5 Å². The van der Waals surface area contributed by atoms with E-state index in [0.717, 1.165) is 22.5 Å². The fourth-order valence-corrected chi connectivity index (χ4v) is 3.59. The van der Waals surface area contributed by atoms with Gasteiger partial charge >= 0.3 is 0 Å². The first-order valence-electron chi connectivity index (χ1n) is 9.75. The van der Waals surface area contributed by atoms with Crippen LogP contribution in [0.3, 0.4) is 0 Å². The number of carbonyl (C=O) groups excluding carboxylic acids is 1. The van der Waals surface area contributed by atoms with Crippen LogP contribution in [-0.2, 0) is 11.4 Å². The molecule has 0 spiro atoms. The number of benzene rings is 2. The van der Waals surface area contributed by atoms with Gasteiger partial charge in [-0.3, -0.25) is 4.79 Å². The lowest BCUT2D eigenvalue weighted by molar-refractivity contribution is -0.118. The molecule has 0 saturated carbocycles. The number of thioether (sulfide) groups is 1. The highest BCUT2D eigenvalue weighted by Crippen LogP contribution is 2.28. The Kier molecular flexibility index (Phi) is 8.47. The van der Waals surface area contributed by atoms with E-state index in [1.165, 1.54) is 11.8 Å². The number of methoxy groups -OCH3 is 1. The maximum atomic E-state index is 12.0. The number of carbonyl (C=O) groups is 1. The molecule has 0 aliphatic rings. The van der Waals surface area contributed by atoms with Crippen molar-refractivity contribution in [2.24, 2.45) is 5.10 Å². The largest absolute Gasteiger partial charge is 0.493 e. The van der Waals surface area contributed by atoms with Crippen LogP contribution >= 0.6 is 23.4 Å². The molecule has 1 aromatic heterocycles. The van der Waals surface area contributed by atoms with Crippen molar-refractivity contribution in [1.29, 1.82) is 0 Å². The lowest BCUT2D eigenvalue weighted by Crippen LogP contribution is -2.19. The Bertz CT molecular complexity index is 1090. The third kappa shape index (κ3) is 7.25. The molecule has 1 amide bonds. The number of halogens is 1. The summed E-state index contributed by atoms with van der Waals surface area (Å²) in [6.45, 7) is 4.18. The molecule has 32 heavy (non-hydrogen) atoms. The summed E-state index contributed by atoms with van der Waals surface area (Å²) in [4.78, 5) is 20.6. The van der Waals surface area contributed by atoms with Gasteiger partial charge in [-0.1, -0.05) is 35.5 Å². The summed E-state index contributed by atoms with van der Waals surface area (Å²) in [5, 5.41) is 5.26. The fraction of sp³-hybridized carbons (Fsp3) is 0.217. The molecule has 7 nitrogen and oxygen atoms in total. The summed E-state index contributed by atoms with van der Waals surface area (Å²) in [5.41, 5.74) is 5.99. The fourth-order valence-electron chi connectivity index (χ4n) is 2.72. The monoisotopic (exact) mass is 470 g/mol. The summed E-state index contributed by atoms with van der Waals surface area (Å²) in [6, 6.07) is 14.7. The lowest BCUT2D eigenvalue weighted by atomic mass is 10.2. The minimum atomic E-state index is -0.246. The number of amides is 1. The van der Waals surface area contributed by atoms with E-state index >= 15 is 0 Å². The molecule has 0 aliphatic carbocycles. The van der Waals surface area contributed by atoms with E-state index in [2.05, 4.69) is 20.5 Å². The summed E-state index contributed by atoms with van der Waals surface area (Å²) >= 11 is 7.17. The van der Waals surface area contributed by atoms with Crippen LogP contribution in [0, 0.1) is 13.8 Å². The third-order valence-corrected chi connectivity index (χ3v) is 5.29. The molecule has 1 N–H and O–H groups in total. The number of nitrogens with zero attached hydrogens (tertiary/aromatic N) is 3. The minimum Gasteiger partial charge on any atom is -0.493 e. The maximum absolute atomic E-state index is 12.0. The SMILES string of the molecule is COc1cc(/C=N/NC(=O)CSc2nc(C)cc(C)n2)ccc1OCc1ccc(Cl)cc1. The molecule has 9 heteroatoms. The van der Waals surface area contributed by atoms with Gasteiger partial charge in [-0.15, -0.1) is 0 Å². The highest BCUT2D eigenvalue weighted by Gasteiger charge is 2.07. The van der Waals surface area contributed by atoms with Gasteiger partial charge < -0.3 is 9.47 Å². The lowest BCUT2D eigenvalue weighted by Gasteiger charge is -2.11. The number of nitrogens with one attached hydrogen (secondary N) is 1. The van der Waals surface area contributed by atoms with Gasteiger partial charge in [0.25, 0.3) is 5.91 Å². The Morgan fingerprint density at radius 3 is 2.50 bits per heavy atom. The number of ether oxygens (including phenoxy) is 2. The van der Waals surface area contributed by atoms with Crippen LogP contribution in [-0.4, -0.2) is 35.0 Å². The van der Waals surface area contributed by atoms with Crippen molar-refractivity contribution in [2.75, 3.05) is 12.9 Å². The smallest absolute Gasteiger partial charge is 0.250 e. The van der Waals surface area contributed by atoms with Gasteiger partial charge in [-0.25, -0.2) is 15.4 Å². The molecule has 3 aromatic rings. The Morgan fingerprint density at radius 1 is 1.09 bits per heavy atom. The van der Waals surface area contributed by atoms with Crippen LogP contribution in [0.15, 0.2) is 58.8 Å². The van der Waals surface area contributed by atoms with Crippen LogP contribution in [0.5, 0.6) is 11.5 Å². The number of aryl methyl sites for hydroxylation is 2. The van der Waals surface area contributed by atoms with E-state index in [4.69, 9.17) is 21.1 Å². The average molecular weight is 471 g/mol. The molecule has 0 unspecified atom stereocenters. The second kappa shape index (κ2) is 11.5. The standard InChI is InChI=1S/C23H23ClN4O3S/c1-15-10-16(2)27-23(26-15)32-14-22(29)28-25-12-18-6-9-20(21(11-18)30-3)31-13-17-4-7-19(24)8-5-17/h4-12H,13-14H2,1-3H3,(H,28,29)/b25-12+. The topological polar surface area (TPSA) is 85.7 Å². The van der Waals surface area contributed by atoms with Crippen LogP contribution < -0.4 is 14.9 Å². The molecular weight excluding hydrogens is 448 g/mol. The zero-order valence-electron chi connectivity index (χ0n) is 18.0. The summed E-state index contributed by atoms with van der Waals surface area (Å²) in [5.74, 6) is 1.09. The Hall–Kier alpha value is -3.10. The molecule has 3 rings (SSSR count). The van der Waals surface area contributed by atoms with E-state index < -0.39 is 0 Å². The molecule has 0 saturated heterocycles. The predicted octanol–water partition coefficient (Wildman–Crippen LogP) is 4.58. The maximum Gasteiger partial charge on any atom is 0.250 e. The van der Waals surface area contributed by atoms with Crippen LogP contribution in [0.2, 0.25) is 5.02 Å². The highest BCUT2D eigenvalue weighted by molar-refractivity contribution is 7.99. The van der Waals surface area contributed by atoms with Gasteiger partial charge in [0, 0.05) is 16.4 Å². The Labute approximate surface area is 196 Å². The second-order valence-corrected chi connectivity index (χ2v) is 8.22. The van der Waals surface area contributed by atoms with Crippen LogP contribution in [0.25, 0.3) is 0 Å². The molecule has 0 aliphatic heterocycles. The molecule has 2 aromatic carbocycles. The zero-order valence-corrected chi connectivity index (χ0v) is 19.5. The first-order chi connectivity index (χ1) is 15.4. The van der Waals surface area contributed by atoms with Crippen molar-refractivity contribution in [1.82, 2.24) is 15.4 Å². The van der Waals surface area contributed by atoms with Crippen molar-refractivity contribution < 1.29 is 14.3 Å². The molecule has 0 radical (unpaired) electrons. The quantitative estimate of drug-likeness (QED) is 0.213. The van der Waals surface area contributed by atoms with Gasteiger partial charge in [0.15, 0.2) is 16.7 Å². The van der Waals surface area contributed by atoms with Gasteiger partial charge in [0.2, 0.25) is 0 Å². The number of rotatable bonds is 9. The Balaban J connectivity index is 1.52. The normalized spacial score (nSPS) is 10.9. The number of hydrogen-bond donors (Lipinski definition) is 1. The van der Waals surface area contributed by atoms with Crippen molar-refractivity contribution in [3.05, 3.63) is 76.1 Å². The number of aromatic nitrogens is 2. The molecule has 1 heterocycles. The second-order valence-electron chi connectivity index (χ2n) is 6.84. The zero-order chi connectivity index (χ0) is 22.9. The van der Waals surface area contributed by atoms with Gasteiger partial charge in [0.05, 0.1) is 19.1 Å². The van der Waals surface area contributed by atoms with E-state index in [0.29, 0.717) is 28.3 Å². The van der Waals surface area contributed by atoms with Gasteiger partial charge in [0.1, 0.15) is 6.61 Å². The molecule has 0 fully saturated rings. The summed E-state index contributed by atoms with van der Waals surface area (Å²) in [7, 11) is 1.57. The van der Waals surface area contributed by atoms with Crippen molar-refractivity contribution in [3.63, 3.8) is 0 Å². The predicted molar refractivity (Wildman–Crippen MR) is 127 cm³/mol. The van der Waals surface area contributed by atoms with E-state index in [9.17, 15) is 4.79 Å². The number of hydrogen-bond acceptors (Lipinski definition) is 7. The van der Waals surface area contributed by atoms with E-state index in [-0.39, 0.29) is 11.7 Å².